The fourth-order valence-electron chi connectivity index (χ4n) is 2.12. The number of nitrogens with one attached hydrogen (secondary N) is 1. The van der Waals surface area contributed by atoms with Crippen LogP contribution in [0.15, 0.2) is 0 Å². The van der Waals surface area contributed by atoms with Gasteiger partial charge >= 0.3 is 0 Å². The van der Waals surface area contributed by atoms with Crippen molar-refractivity contribution in [3.05, 3.63) is 0 Å². The van der Waals surface area contributed by atoms with E-state index < -0.39 is 0 Å². The molecule has 1 heterocycles. The Morgan fingerprint density at radius 1 is 1.62 bits per heavy atom. The normalized spacial score (nSPS) is 24.1. The molecule has 1 fully saturated rings. The zero-order valence-electron chi connectivity index (χ0n) is 10.2. The first-order chi connectivity index (χ1) is 7.72. The molecule has 0 aliphatic carbocycles. The SMILES string of the molecule is CCCC(C(=O)NN)N1CCOC(CC)C1. The van der Waals surface area contributed by atoms with Crippen molar-refractivity contribution in [2.45, 2.75) is 45.3 Å². The van der Waals surface area contributed by atoms with Gasteiger partial charge in [0.2, 0.25) is 0 Å². The minimum atomic E-state index is -0.104. The molecule has 94 valence electrons. The van der Waals surface area contributed by atoms with Gasteiger partial charge in [0, 0.05) is 13.1 Å². The van der Waals surface area contributed by atoms with Gasteiger partial charge in [0.05, 0.1) is 18.8 Å². The molecule has 0 aromatic rings. The molecule has 2 atom stereocenters. The lowest BCUT2D eigenvalue weighted by Crippen LogP contribution is -2.54. The van der Waals surface area contributed by atoms with Crippen LogP contribution in [0.1, 0.15) is 33.1 Å². The van der Waals surface area contributed by atoms with E-state index in [0.29, 0.717) is 6.61 Å². The Hall–Kier alpha value is -0.650. The standard InChI is InChI=1S/C11H23N3O2/c1-3-5-10(11(15)13-12)14-6-7-16-9(4-2)8-14/h9-10H,3-8,12H2,1-2H3,(H,13,15). The van der Waals surface area contributed by atoms with Crippen LogP contribution in [-0.2, 0) is 9.53 Å². The predicted molar refractivity (Wildman–Crippen MR) is 62.6 cm³/mol. The first-order valence-electron chi connectivity index (χ1n) is 6.09. The van der Waals surface area contributed by atoms with E-state index in [-0.39, 0.29) is 18.1 Å². The van der Waals surface area contributed by atoms with E-state index in [2.05, 4.69) is 24.2 Å². The van der Waals surface area contributed by atoms with Gasteiger partial charge in [0.1, 0.15) is 0 Å². The van der Waals surface area contributed by atoms with E-state index in [4.69, 9.17) is 10.6 Å². The molecule has 0 spiro atoms. The molecule has 1 aliphatic heterocycles. The lowest BCUT2D eigenvalue weighted by Gasteiger charge is -2.37. The number of hydrogen-bond acceptors (Lipinski definition) is 4. The molecular weight excluding hydrogens is 206 g/mol. The highest BCUT2D eigenvalue weighted by Gasteiger charge is 2.29. The number of nitrogens with two attached hydrogens (primary N) is 1. The van der Waals surface area contributed by atoms with Gasteiger partial charge in [0.15, 0.2) is 0 Å². The molecule has 0 saturated carbocycles. The molecule has 5 nitrogen and oxygen atoms in total. The van der Waals surface area contributed by atoms with Crippen LogP contribution in [0.25, 0.3) is 0 Å². The number of ether oxygens (including phenoxy) is 1. The van der Waals surface area contributed by atoms with E-state index >= 15 is 0 Å². The molecule has 16 heavy (non-hydrogen) atoms. The number of amides is 1. The third kappa shape index (κ3) is 3.43. The van der Waals surface area contributed by atoms with Crippen LogP contribution in [0.3, 0.4) is 0 Å². The quantitative estimate of drug-likeness (QED) is 0.403. The average Bonchev–Trinajstić information content (AvgIpc) is 2.35. The first-order valence-corrected chi connectivity index (χ1v) is 6.09. The maximum absolute atomic E-state index is 11.7. The van der Waals surface area contributed by atoms with Crippen molar-refractivity contribution in [2.24, 2.45) is 5.84 Å². The Morgan fingerprint density at radius 2 is 2.38 bits per heavy atom. The van der Waals surface area contributed by atoms with Gasteiger partial charge < -0.3 is 4.74 Å². The fraction of sp³-hybridized carbons (Fsp3) is 0.909. The molecule has 2 unspecified atom stereocenters. The number of rotatable bonds is 5. The Morgan fingerprint density at radius 3 is 2.94 bits per heavy atom. The van der Waals surface area contributed by atoms with Gasteiger partial charge in [0.25, 0.3) is 5.91 Å². The third-order valence-corrected chi connectivity index (χ3v) is 3.07. The molecule has 0 bridgehead atoms. The summed E-state index contributed by atoms with van der Waals surface area (Å²) >= 11 is 0. The zero-order valence-corrected chi connectivity index (χ0v) is 10.2. The summed E-state index contributed by atoms with van der Waals surface area (Å²) in [5.74, 6) is 5.13. The highest BCUT2D eigenvalue weighted by molar-refractivity contribution is 5.81. The zero-order chi connectivity index (χ0) is 12.0. The lowest BCUT2D eigenvalue weighted by atomic mass is 10.1. The number of nitrogens with zero attached hydrogens (tertiary/aromatic N) is 1. The van der Waals surface area contributed by atoms with Gasteiger partial charge in [-0.3, -0.25) is 15.1 Å². The second-order valence-electron chi connectivity index (χ2n) is 4.21. The molecule has 0 aromatic heterocycles. The Balaban J connectivity index is 2.58. The summed E-state index contributed by atoms with van der Waals surface area (Å²) in [6, 6.07) is -0.104. The van der Waals surface area contributed by atoms with Crippen molar-refractivity contribution in [3.63, 3.8) is 0 Å². The lowest BCUT2D eigenvalue weighted by molar-refractivity contribution is -0.130. The van der Waals surface area contributed by atoms with Gasteiger partial charge in [-0.2, -0.15) is 0 Å². The molecule has 1 aliphatic rings. The second kappa shape index (κ2) is 6.83. The Kier molecular flexibility index (Phi) is 5.73. The van der Waals surface area contributed by atoms with Crippen LogP contribution in [0.5, 0.6) is 0 Å². The Bertz CT molecular complexity index is 223. The monoisotopic (exact) mass is 229 g/mol. The highest BCUT2D eigenvalue weighted by atomic mass is 16.5. The summed E-state index contributed by atoms with van der Waals surface area (Å²) in [5, 5.41) is 0. The number of carbonyl (C=O) groups is 1. The van der Waals surface area contributed by atoms with Crippen molar-refractivity contribution < 1.29 is 9.53 Å². The molecule has 1 amide bonds. The van der Waals surface area contributed by atoms with Crippen LogP contribution in [0, 0.1) is 0 Å². The molecule has 5 heteroatoms. The smallest absolute Gasteiger partial charge is 0.251 e. The van der Waals surface area contributed by atoms with Gasteiger partial charge in [-0.25, -0.2) is 5.84 Å². The van der Waals surface area contributed by atoms with Crippen LogP contribution < -0.4 is 11.3 Å². The van der Waals surface area contributed by atoms with Gasteiger partial charge in [-0.05, 0) is 12.8 Å². The molecule has 0 aromatic carbocycles. The summed E-state index contributed by atoms with van der Waals surface area (Å²) in [7, 11) is 0. The van der Waals surface area contributed by atoms with E-state index in [1.165, 1.54) is 0 Å². The molecule has 0 radical (unpaired) electrons. The fourth-order valence-corrected chi connectivity index (χ4v) is 2.12. The summed E-state index contributed by atoms with van der Waals surface area (Å²) in [5.41, 5.74) is 2.26. The van der Waals surface area contributed by atoms with Gasteiger partial charge in [-0.1, -0.05) is 20.3 Å². The van der Waals surface area contributed by atoms with Crippen LogP contribution in [0.2, 0.25) is 0 Å². The van der Waals surface area contributed by atoms with Crippen LogP contribution in [-0.4, -0.2) is 42.6 Å². The van der Waals surface area contributed by atoms with E-state index in [9.17, 15) is 4.79 Å². The van der Waals surface area contributed by atoms with Crippen molar-refractivity contribution >= 4 is 5.91 Å². The van der Waals surface area contributed by atoms with Crippen molar-refractivity contribution in [1.82, 2.24) is 10.3 Å². The van der Waals surface area contributed by atoms with Crippen molar-refractivity contribution in [3.8, 4) is 0 Å². The minimum absolute atomic E-state index is 0.0846. The van der Waals surface area contributed by atoms with E-state index in [1.54, 1.807) is 0 Å². The largest absolute Gasteiger partial charge is 0.376 e. The van der Waals surface area contributed by atoms with Crippen molar-refractivity contribution in [2.75, 3.05) is 19.7 Å². The third-order valence-electron chi connectivity index (χ3n) is 3.07. The van der Waals surface area contributed by atoms with E-state index in [0.717, 1.165) is 32.4 Å². The minimum Gasteiger partial charge on any atom is -0.376 e. The topological polar surface area (TPSA) is 67.6 Å². The van der Waals surface area contributed by atoms with Crippen LogP contribution >= 0.6 is 0 Å². The average molecular weight is 229 g/mol. The summed E-state index contributed by atoms with van der Waals surface area (Å²) in [4.78, 5) is 13.9. The van der Waals surface area contributed by atoms with E-state index in [1.807, 2.05) is 0 Å². The number of hydrazine groups is 1. The number of carbonyl (C=O) groups excluding carboxylic acids is 1. The Labute approximate surface area is 97.3 Å². The second-order valence-corrected chi connectivity index (χ2v) is 4.21. The molecular formula is C11H23N3O2. The molecule has 1 rings (SSSR count). The summed E-state index contributed by atoms with van der Waals surface area (Å²) < 4.78 is 5.59. The van der Waals surface area contributed by atoms with Gasteiger partial charge in [-0.15, -0.1) is 0 Å². The maximum Gasteiger partial charge on any atom is 0.251 e. The maximum atomic E-state index is 11.7. The van der Waals surface area contributed by atoms with Crippen molar-refractivity contribution in [1.29, 1.82) is 0 Å². The van der Waals surface area contributed by atoms with Crippen LogP contribution in [0.4, 0.5) is 0 Å². The number of hydrogen-bond donors (Lipinski definition) is 2. The summed E-state index contributed by atoms with van der Waals surface area (Å²) in [6.07, 6.45) is 3.06. The highest BCUT2D eigenvalue weighted by Crippen LogP contribution is 2.14. The number of morpholine rings is 1. The summed E-state index contributed by atoms with van der Waals surface area (Å²) in [6.45, 7) is 6.53. The molecule has 3 N–H and O–H groups in total. The first kappa shape index (κ1) is 13.4. The molecule has 1 saturated heterocycles. The predicted octanol–water partition coefficient (Wildman–Crippen LogP) is 0.256.